The third-order valence-electron chi connectivity index (χ3n) is 1.15. The molecule has 0 heterocycles. The molecule has 0 radical (unpaired) electrons. The topological polar surface area (TPSA) is 198 Å². The number of carboxylic acid groups (broad SMARTS) is 3. The second kappa shape index (κ2) is 13.3. The molecule has 19 heavy (non-hydrogen) atoms. The molecule has 1 unspecified atom stereocenters. The molecule has 4 N–H and O–H groups in total. The summed E-state index contributed by atoms with van der Waals surface area (Å²) < 4.78 is 28.5. The maximum atomic E-state index is 10.2. The molecule has 0 saturated heterocycles. The smallest absolute Gasteiger partial charge is 0.550 e. The molecule has 13 heteroatoms. The molecule has 0 fully saturated rings. The van der Waals surface area contributed by atoms with E-state index in [0.717, 1.165) is 0 Å². The molecule has 0 aromatic heterocycles. The van der Waals surface area contributed by atoms with Crippen LogP contribution in [0.2, 0.25) is 0 Å². The number of hydrogen-bond acceptors (Lipinski definition) is 8. The van der Waals surface area contributed by atoms with Crippen LogP contribution in [0.1, 0.15) is 6.42 Å². The van der Waals surface area contributed by atoms with Crippen LogP contribution in [0.25, 0.3) is 0 Å². The molecule has 0 rings (SSSR count). The zero-order valence-corrected chi connectivity index (χ0v) is 15.0. The third kappa shape index (κ3) is 18.3. The van der Waals surface area contributed by atoms with Gasteiger partial charge in [0.15, 0.2) is 0 Å². The number of carbonyl (C=O) groups is 3. The van der Waals surface area contributed by atoms with Gasteiger partial charge in [-0.2, -0.15) is 8.42 Å². The molecule has 10 nitrogen and oxygen atoms in total. The van der Waals surface area contributed by atoms with Crippen molar-refractivity contribution in [3.05, 3.63) is 0 Å². The van der Waals surface area contributed by atoms with E-state index >= 15 is 0 Å². The second-order valence-corrected chi connectivity index (χ2v) is 4.10. The summed E-state index contributed by atoms with van der Waals surface area (Å²) in [4.78, 5) is 29.0. The molecule has 0 aromatic carbocycles. The Kier molecular flexibility index (Phi) is 19.3. The summed E-state index contributed by atoms with van der Waals surface area (Å²) in [6, 6.07) is 0. The molecule has 0 aromatic rings. The molecule has 0 amide bonds. The molecule has 0 saturated carbocycles. The van der Waals surface area contributed by atoms with Crippen LogP contribution in [0.15, 0.2) is 0 Å². The van der Waals surface area contributed by atoms with Crippen molar-refractivity contribution in [2.24, 2.45) is 5.73 Å². The molecule has 0 spiro atoms. The van der Waals surface area contributed by atoms with E-state index in [1.165, 1.54) is 0 Å². The Morgan fingerprint density at radius 1 is 1.16 bits per heavy atom. The number of aliphatic carboxylic acids is 3. The van der Waals surface area contributed by atoms with Crippen molar-refractivity contribution < 1.29 is 102 Å². The number of hydrogen-bond donors (Lipinski definition) is 3. The summed E-state index contributed by atoms with van der Waals surface area (Å²) in [5.74, 6) is -5.05. The van der Waals surface area contributed by atoms with Crippen molar-refractivity contribution in [1.29, 1.82) is 0 Å². The van der Waals surface area contributed by atoms with Gasteiger partial charge in [0.2, 0.25) is 0 Å². The average molecular weight is 317 g/mol. The van der Waals surface area contributed by atoms with Crippen LogP contribution in [-0.4, -0.2) is 47.8 Å². The van der Waals surface area contributed by atoms with Crippen LogP contribution in [0.4, 0.5) is 0 Å². The summed E-state index contributed by atoms with van der Waals surface area (Å²) in [5, 5.41) is 24.9. The number of carbonyl (C=O) groups excluding carboxylic acids is 2. The van der Waals surface area contributed by atoms with Gasteiger partial charge < -0.3 is 30.6 Å². The fraction of sp³-hybridized carbons (Fsp3) is 0.500. The maximum absolute atomic E-state index is 10.2. The van der Waals surface area contributed by atoms with Crippen molar-refractivity contribution in [2.75, 3.05) is 6.54 Å². The SMILES string of the molecule is NCC(=O)O.O=C([O-])CC(C(=O)[O-])S(=O)(=O)O.[Na+].[Na+]. The molecule has 0 aliphatic heterocycles. The summed E-state index contributed by atoms with van der Waals surface area (Å²) in [7, 11) is -4.94. The Morgan fingerprint density at radius 2 is 1.47 bits per heavy atom. The minimum Gasteiger partial charge on any atom is -0.550 e. The van der Waals surface area contributed by atoms with Crippen LogP contribution < -0.4 is 75.1 Å². The Hall–Kier alpha value is 0.280. The van der Waals surface area contributed by atoms with Crippen molar-refractivity contribution in [3.8, 4) is 0 Å². The predicted molar refractivity (Wildman–Crippen MR) is 46.7 cm³/mol. The minimum absolute atomic E-state index is 0. The van der Waals surface area contributed by atoms with Crippen LogP contribution in [0, 0.1) is 0 Å². The first-order valence-corrected chi connectivity index (χ1v) is 5.31. The van der Waals surface area contributed by atoms with E-state index in [2.05, 4.69) is 5.73 Å². The van der Waals surface area contributed by atoms with E-state index in [4.69, 9.17) is 9.66 Å². The Morgan fingerprint density at radius 3 is 1.53 bits per heavy atom. The van der Waals surface area contributed by atoms with Gasteiger partial charge in [-0.15, -0.1) is 0 Å². The number of rotatable bonds is 5. The average Bonchev–Trinajstić information content (AvgIpc) is 2.12. The molecule has 1 atom stereocenters. The van der Waals surface area contributed by atoms with Gasteiger partial charge >= 0.3 is 65.1 Å². The molecule has 0 bridgehead atoms. The van der Waals surface area contributed by atoms with Gasteiger partial charge in [0, 0.05) is 12.4 Å². The first-order chi connectivity index (χ1) is 7.52. The normalized spacial score (nSPS) is 10.6. The Labute approximate surface area is 152 Å². The summed E-state index contributed by atoms with van der Waals surface area (Å²) in [5.41, 5.74) is 4.57. The molecular formula is C6H9NNa2O9S. The molecule has 0 aliphatic carbocycles. The maximum Gasteiger partial charge on any atom is 1.00 e. The van der Waals surface area contributed by atoms with Crippen LogP contribution in [-0.2, 0) is 24.5 Å². The first-order valence-electron chi connectivity index (χ1n) is 3.81. The zero-order chi connectivity index (χ0) is 14.2. The summed E-state index contributed by atoms with van der Waals surface area (Å²) in [6.45, 7) is -0.278. The number of carboxylic acids is 3. The first kappa shape index (κ1) is 27.6. The molecule has 100 valence electrons. The second-order valence-electron chi connectivity index (χ2n) is 2.50. The number of nitrogens with two attached hydrogens (primary N) is 1. The van der Waals surface area contributed by atoms with E-state index in [1.54, 1.807) is 0 Å². The van der Waals surface area contributed by atoms with Crippen molar-refractivity contribution in [3.63, 3.8) is 0 Å². The van der Waals surface area contributed by atoms with Gasteiger partial charge in [0.05, 0.1) is 12.5 Å². The van der Waals surface area contributed by atoms with E-state index < -0.39 is 39.7 Å². The predicted octanol–water partition coefficient (Wildman–Crippen LogP) is -10.8. The quantitative estimate of drug-likeness (QED) is 0.323. The van der Waals surface area contributed by atoms with Crippen molar-refractivity contribution in [2.45, 2.75) is 11.7 Å². The third-order valence-corrected chi connectivity index (χ3v) is 2.23. The Bertz CT molecular complexity index is 396. The summed E-state index contributed by atoms with van der Waals surface area (Å²) in [6.07, 6.45) is -1.33. The minimum atomic E-state index is -4.94. The van der Waals surface area contributed by atoms with Crippen molar-refractivity contribution >= 4 is 28.0 Å². The van der Waals surface area contributed by atoms with Gasteiger partial charge in [-0.25, -0.2) is 0 Å². The standard InChI is InChI=1S/C4H6O7S.C2H5NO2.2Na/c5-3(6)1-2(4(7)8)12(9,10)11;3-1-2(4)5;;/h2H,1H2,(H,5,6)(H,7,8)(H,9,10,11);1,3H2,(H,4,5);;/q;;2*+1/p-2. The van der Waals surface area contributed by atoms with Gasteiger partial charge in [-0.1, -0.05) is 0 Å². The van der Waals surface area contributed by atoms with Gasteiger partial charge in [-0.05, 0) is 0 Å². The van der Waals surface area contributed by atoms with Gasteiger partial charge in [-0.3, -0.25) is 9.35 Å². The van der Waals surface area contributed by atoms with E-state index in [-0.39, 0.29) is 65.7 Å². The Balaban J connectivity index is -0.000000139. The summed E-state index contributed by atoms with van der Waals surface area (Å²) >= 11 is 0. The van der Waals surface area contributed by atoms with E-state index in [0.29, 0.717) is 0 Å². The van der Waals surface area contributed by atoms with E-state index in [1.807, 2.05) is 0 Å². The van der Waals surface area contributed by atoms with Crippen LogP contribution in [0.3, 0.4) is 0 Å². The fourth-order valence-corrected chi connectivity index (χ4v) is 1.05. The monoisotopic (exact) mass is 317 g/mol. The van der Waals surface area contributed by atoms with Crippen molar-refractivity contribution in [1.82, 2.24) is 0 Å². The van der Waals surface area contributed by atoms with Crippen LogP contribution in [0.5, 0.6) is 0 Å². The van der Waals surface area contributed by atoms with E-state index in [9.17, 15) is 33.0 Å². The molecular weight excluding hydrogens is 308 g/mol. The fourth-order valence-electron chi connectivity index (χ4n) is 0.462. The zero-order valence-electron chi connectivity index (χ0n) is 10.2. The molecule has 0 aliphatic rings. The largest absolute Gasteiger partial charge is 1.00 e. The van der Waals surface area contributed by atoms with Gasteiger partial charge in [0.1, 0.15) is 5.25 Å². The van der Waals surface area contributed by atoms with Gasteiger partial charge in [0.25, 0.3) is 10.1 Å². The van der Waals surface area contributed by atoms with Crippen LogP contribution >= 0.6 is 0 Å².